The molecule has 8 nitrogen and oxygen atoms in total. The molecular formula is C55H74N4O4. The van der Waals surface area contributed by atoms with Crippen LogP contribution in [0.25, 0.3) is 45.0 Å². The van der Waals surface area contributed by atoms with E-state index >= 15 is 0 Å². The van der Waals surface area contributed by atoms with Gasteiger partial charge >= 0.3 is 11.9 Å². The van der Waals surface area contributed by atoms with Crippen molar-refractivity contribution in [2.75, 3.05) is 13.7 Å². The molecule has 3 aliphatic heterocycles. The third-order valence-corrected chi connectivity index (χ3v) is 14.1. The van der Waals surface area contributed by atoms with Gasteiger partial charge in [-0.05, 0) is 124 Å². The Hall–Kier alpha value is -4.98. The molecule has 0 fully saturated rings. The Morgan fingerprint density at radius 2 is 1.52 bits per heavy atom. The second kappa shape index (κ2) is 21.1. The van der Waals surface area contributed by atoms with Crippen molar-refractivity contribution in [3.63, 3.8) is 0 Å². The lowest BCUT2D eigenvalue weighted by Crippen LogP contribution is -2.11. The number of aromatic nitrogens is 4. The SMILES string of the molecule is C=CC1=C(C)c2cc3[nH]c(c4c5[nH]c(cc6nc(cc1n2)C(C)=C6CC)c(C)c5C=C4C(=O)OC)[C@@H](CCC(=O)OC/C=C(\C)CCC[C@H](C)CCC[C@H](C)CCCC(C)C)[C@@H]3C. The maximum absolute atomic E-state index is 13.6. The topological polar surface area (TPSA) is 110 Å². The predicted octanol–water partition coefficient (Wildman–Crippen LogP) is 14.4. The fraction of sp³-hybridized carbons (Fsp3) is 0.527. The number of hydrogen-bond acceptors (Lipinski definition) is 6. The van der Waals surface area contributed by atoms with Crippen molar-refractivity contribution in [2.24, 2.45) is 17.8 Å². The third-order valence-electron chi connectivity index (χ3n) is 14.1. The first-order valence-electron chi connectivity index (χ1n) is 23.9. The Morgan fingerprint density at radius 1 is 0.857 bits per heavy atom. The number of methoxy groups -OCH3 is 1. The number of fused-ring (bicyclic) bond motifs is 8. The van der Waals surface area contributed by atoms with Crippen LogP contribution in [-0.4, -0.2) is 45.6 Å². The second-order valence-electron chi connectivity index (χ2n) is 19.3. The number of ether oxygens (including phenoxy) is 2. The van der Waals surface area contributed by atoms with Gasteiger partial charge in [0.25, 0.3) is 0 Å². The largest absolute Gasteiger partial charge is 0.465 e. The summed E-state index contributed by atoms with van der Waals surface area (Å²) in [6.07, 6.45) is 18.9. The minimum Gasteiger partial charge on any atom is -0.465 e. The van der Waals surface area contributed by atoms with Crippen molar-refractivity contribution in [3.05, 3.63) is 93.4 Å². The molecule has 0 spiro atoms. The molecule has 0 radical (unpaired) electrons. The summed E-state index contributed by atoms with van der Waals surface area (Å²) in [6, 6.07) is 6.32. The molecule has 6 rings (SSSR count). The van der Waals surface area contributed by atoms with E-state index in [2.05, 4.69) is 110 Å². The van der Waals surface area contributed by atoms with Crippen LogP contribution < -0.4 is 0 Å². The van der Waals surface area contributed by atoms with Crippen LogP contribution in [0.5, 0.6) is 0 Å². The lowest BCUT2D eigenvalue weighted by molar-refractivity contribution is -0.142. The van der Waals surface area contributed by atoms with E-state index in [-0.39, 0.29) is 30.8 Å². The number of nitrogens with one attached hydrogen (secondary N) is 2. The number of aryl methyl sites for hydroxylation is 1. The zero-order valence-corrected chi connectivity index (χ0v) is 40.3. The van der Waals surface area contributed by atoms with Gasteiger partial charge in [0, 0.05) is 51.9 Å². The average molecular weight is 855 g/mol. The van der Waals surface area contributed by atoms with Gasteiger partial charge < -0.3 is 19.4 Å². The molecular weight excluding hydrogens is 781 g/mol. The maximum atomic E-state index is 13.6. The van der Waals surface area contributed by atoms with E-state index in [4.69, 9.17) is 19.4 Å². The van der Waals surface area contributed by atoms with Gasteiger partial charge in [0.1, 0.15) is 6.61 Å². The first-order valence-corrected chi connectivity index (χ1v) is 23.9. The summed E-state index contributed by atoms with van der Waals surface area (Å²) < 4.78 is 11.2. The van der Waals surface area contributed by atoms with Gasteiger partial charge in [-0.25, -0.2) is 14.8 Å². The summed E-state index contributed by atoms with van der Waals surface area (Å²) in [7, 11) is 1.42. The monoisotopic (exact) mass is 855 g/mol. The molecule has 0 aromatic carbocycles. The van der Waals surface area contributed by atoms with E-state index < -0.39 is 5.97 Å². The highest BCUT2D eigenvalue weighted by Crippen LogP contribution is 2.47. The summed E-state index contributed by atoms with van der Waals surface area (Å²) >= 11 is 0. The van der Waals surface area contributed by atoms with E-state index in [0.717, 1.165) is 116 Å². The quantitative estimate of drug-likeness (QED) is 0.101. The number of carbonyl (C=O) groups is 2. The Labute approximate surface area is 377 Å². The first kappa shape index (κ1) is 47.5. The molecule has 2 N–H and O–H groups in total. The minimum absolute atomic E-state index is 0.0207. The number of allylic oxidation sites excluding steroid dienone is 6. The number of hydrogen-bond donors (Lipinski definition) is 2. The number of H-pyrrole nitrogens is 2. The van der Waals surface area contributed by atoms with Crippen LogP contribution in [0.3, 0.4) is 0 Å². The summed E-state index contributed by atoms with van der Waals surface area (Å²) in [5, 5.41) is 0. The molecule has 0 unspecified atom stereocenters. The smallest absolute Gasteiger partial charge is 0.338 e. The van der Waals surface area contributed by atoms with Crippen molar-refractivity contribution >= 4 is 56.9 Å². The molecule has 2 aromatic heterocycles. The number of rotatable bonds is 20. The summed E-state index contributed by atoms with van der Waals surface area (Å²) in [5.41, 5.74) is 16.0. The van der Waals surface area contributed by atoms with Crippen molar-refractivity contribution in [1.82, 2.24) is 19.9 Å². The van der Waals surface area contributed by atoms with Crippen molar-refractivity contribution < 1.29 is 19.1 Å². The molecule has 4 aliphatic rings. The molecule has 2 aromatic rings. The van der Waals surface area contributed by atoms with Crippen LogP contribution in [0.15, 0.2) is 42.5 Å². The van der Waals surface area contributed by atoms with Crippen LogP contribution >= 0.6 is 0 Å². The second-order valence-corrected chi connectivity index (χ2v) is 19.3. The number of nitrogens with zero attached hydrogens (tertiary/aromatic N) is 2. The normalized spacial score (nSPS) is 17.6. The summed E-state index contributed by atoms with van der Waals surface area (Å²) in [4.78, 5) is 44.7. The number of esters is 2. The fourth-order valence-corrected chi connectivity index (χ4v) is 9.98. The van der Waals surface area contributed by atoms with Crippen LogP contribution in [-0.2, 0) is 19.1 Å². The fourth-order valence-electron chi connectivity index (χ4n) is 9.98. The maximum Gasteiger partial charge on any atom is 0.338 e. The Morgan fingerprint density at radius 3 is 2.19 bits per heavy atom. The van der Waals surface area contributed by atoms with Gasteiger partial charge in [-0.15, -0.1) is 0 Å². The molecule has 0 amide bonds. The Balaban J connectivity index is 1.21. The molecule has 63 heavy (non-hydrogen) atoms. The third kappa shape index (κ3) is 10.9. The van der Waals surface area contributed by atoms with Gasteiger partial charge in [0.2, 0.25) is 0 Å². The predicted molar refractivity (Wildman–Crippen MR) is 262 cm³/mol. The van der Waals surface area contributed by atoms with E-state index in [0.29, 0.717) is 12.0 Å². The zero-order valence-electron chi connectivity index (χ0n) is 40.3. The van der Waals surface area contributed by atoms with Crippen molar-refractivity contribution in [3.8, 4) is 0 Å². The lowest BCUT2D eigenvalue weighted by atomic mass is 9.85. The van der Waals surface area contributed by atoms with E-state index in [9.17, 15) is 9.59 Å². The minimum atomic E-state index is -0.406. The standard InChI is InChI=1S/C55H74N4O4/c1-13-40-36(8)45-29-47-38(10)42(24-25-51(60)63-27-26-35(7)23-17-22-34(6)21-16-20-33(5)19-15-18-32(3)4)53(58-47)52-44(55(61)62-12)28-43-39(11)48(59-54(43)52)31-50-41(14-2)37(9)46(57-50)30-49(40)56-45/h13,26,28-34,38,42,58-59H,1,14-25,27H2,2-12H3/b35-26+,47-29?,49-30?,50-31?,53-52?/t33-,34-,38+,42+/m1/s1. The highest BCUT2D eigenvalue weighted by atomic mass is 16.5. The Kier molecular flexibility index (Phi) is 15.9. The lowest BCUT2D eigenvalue weighted by Gasteiger charge is -2.18. The van der Waals surface area contributed by atoms with E-state index in [1.807, 2.05) is 12.2 Å². The molecule has 8 heteroatoms. The molecule has 0 saturated heterocycles. The zero-order chi connectivity index (χ0) is 45.5. The van der Waals surface area contributed by atoms with Crippen LogP contribution in [0.4, 0.5) is 0 Å². The van der Waals surface area contributed by atoms with Gasteiger partial charge in [0.05, 0.1) is 41.0 Å². The van der Waals surface area contributed by atoms with E-state index in [1.165, 1.54) is 63.2 Å². The molecule has 4 atom stereocenters. The van der Waals surface area contributed by atoms with Gasteiger partial charge in [0.15, 0.2) is 0 Å². The molecule has 1 aliphatic carbocycles. The molecule has 0 saturated carbocycles. The highest BCUT2D eigenvalue weighted by molar-refractivity contribution is 6.28. The van der Waals surface area contributed by atoms with Crippen LogP contribution in [0, 0.1) is 24.7 Å². The van der Waals surface area contributed by atoms with Gasteiger partial charge in [-0.1, -0.05) is 105 Å². The number of aromatic amines is 2. The van der Waals surface area contributed by atoms with Crippen molar-refractivity contribution in [1.29, 1.82) is 0 Å². The summed E-state index contributed by atoms with van der Waals surface area (Å²) in [5.74, 6) is 1.60. The molecule has 338 valence electrons. The molecule has 5 heterocycles. The average Bonchev–Trinajstić information content (AvgIpc) is 4.00. The van der Waals surface area contributed by atoms with Gasteiger partial charge in [-0.2, -0.15) is 0 Å². The first-order chi connectivity index (χ1) is 30.1. The van der Waals surface area contributed by atoms with Gasteiger partial charge in [-0.3, -0.25) is 4.79 Å². The number of carbonyl (C=O) groups excluding carboxylic acids is 2. The molecule has 8 bridgehead atoms. The van der Waals surface area contributed by atoms with E-state index in [1.54, 1.807) is 0 Å². The highest BCUT2D eigenvalue weighted by Gasteiger charge is 2.36. The van der Waals surface area contributed by atoms with Crippen LogP contribution in [0.2, 0.25) is 0 Å². The Bertz CT molecular complexity index is 2400. The summed E-state index contributed by atoms with van der Waals surface area (Å²) in [6.45, 7) is 26.6. The van der Waals surface area contributed by atoms with Crippen molar-refractivity contribution in [2.45, 2.75) is 158 Å². The van der Waals surface area contributed by atoms with Crippen LogP contribution in [0.1, 0.15) is 202 Å².